The van der Waals surface area contributed by atoms with Gasteiger partial charge in [0.25, 0.3) is 0 Å². The van der Waals surface area contributed by atoms with E-state index in [4.69, 9.17) is 9.84 Å². The van der Waals surface area contributed by atoms with Crippen molar-refractivity contribution < 1.29 is 23.4 Å². The maximum Gasteiger partial charge on any atom is 0.414 e. The van der Waals surface area contributed by atoms with E-state index in [9.17, 15) is 13.6 Å². The molecule has 0 saturated carbocycles. The number of amides is 1. The van der Waals surface area contributed by atoms with E-state index in [0.717, 1.165) is 30.8 Å². The van der Waals surface area contributed by atoms with Crippen molar-refractivity contribution in [3.63, 3.8) is 0 Å². The molecule has 0 aliphatic carbocycles. The van der Waals surface area contributed by atoms with Crippen molar-refractivity contribution in [2.75, 3.05) is 31.1 Å². The number of nitrogens with zero attached hydrogens (tertiary/aromatic N) is 4. The van der Waals surface area contributed by atoms with Gasteiger partial charge in [0.05, 0.1) is 30.7 Å². The number of aliphatic hydroxyl groups is 1. The average Bonchev–Trinajstić information content (AvgIpc) is 3.16. The Kier molecular flexibility index (Phi) is 5.89. The zero-order valence-corrected chi connectivity index (χ0v) is 16.3. The highest BCUT2D eigenvalue weighted by Crippen LogP contribution is 2.32. The molecule has 3 heterocycles. The predicted octanol–water partition coefficient (Wildman–Crippen LogP) is 3.16. The van der Waals surface area contributed by atoms with E-state index in [0.29, 0.717) is 11.3 Å². The van der Waals surface area contributed by atoms with Crippen LogP contribution in [-0.4, -0.2) is 59.8 Å². The molecule has 2 aliphatic heterocycles. The van der Waals surface area contributed by atoms with Crippen LogP contribution in [0.1, 0.15) is 25.0 Å². The van der Waals surface area contributed by atoms with Crippen LogP contribution in [0.4, 0.5) is 19.3 Å². The molecule has 1 aromatic heterocycles. The summed E-state index contributed by atoms with van der Waals surface area (Å²) in [4.78, 5) is 17.1. The Morgan fingerprint density at radius 2 is 1.97 bits per heavy atom. The molecule has 158 valence electrons. The first kappa shape index (κ1) is 20.2. The van der Waals surface area contributed by atoms with Crippen LogP contribution in [0.15, 0.2) is 35.6 Å². The Morgan fingerprint density at radius 3 is 2.63 bits per heavy atom. The van der Waals surface area contributed by atoms with Crippen molar-refractivity contribution in [1.82, 2.24) is 9.99 Å². The summed E-state index contributed by atoms with van der Waals surface area (Å²) in [5.74, 6) is -2.23. The molecule has 2 aliphatic rings. The average molecular weight is 416 g/mol. The summed E-state index contributed by atoms with van der Waals surface area (Å²) < 4.78 is 34.3. The molecule has 4 rings (SSSR count). The number of hydrogen-bond donors (Lipinski definition) is 1. The SMILES string of the molecule is O=C1O[C@@H](CO)CN1c1ccc(-c2ccc(/C=N/N3CCCCC3)nc2)c(F)c1F. The van der Waals surface area contributed by atoms with Gasteiger partial charge < -0.3 is 9.84 Å². The third-order valence-corrected chi connectivity index (χ3v) is 5.21. The van der Waals surface area contributed by atoms with Gasteiger partial charge in [-0.15, -0.1) is 0 Å². The standard InChI is InChI=1S/C21H22F2N4O3/c22-19-17(6-7-18(20(19)23)27-12-16(13-28)30-21(27)29)14-4-5-15(24-10-14)11-25-26-8-2-1-3-9-26/h4-7,10-11,16,28H,1-3,8-9,12-13H2/b25-11+/t16-/m1/s1. The summed E-state index contributed by atoms with van der Waals surface area (Å²) in [7, 11) is 0. The molecule has 0 radical (unpaired) electrons. The van der Waals surface area contributed by atoms with Crippen molar-refractivity contribution in [3.8, 4) is 11.1 Å². The number of halogens is 2. The molecule has 2 fully saturated rings. The Bertz CT molecular complexity index is 946. The third-order valence-electron chi connectivity index (χ3n) is 5.21. The van der Waals surface area contributed by atoms with Crippen molar-refractivity contribution in [3.05, 3.63) is 47.8 Å². The normalized spacial score (nSPS) is 19.6. The lowest BCUT2D eigenvalue weighted by Crippen LogP contribution is -2.26. The zero-order valence-electron chi connectivity index (χ0n) is 16.3. The van der Waals surface area contributed by atoms with Gasteiger partial charge in [0, 0.05) is 30.4 Å². The molecule has 2 aromatic rings. The van der Waals surface area contributed by atoms with Crippen molar-refractivity contribution in [2.45, 2.75) is 25.4 Å². The first-order valence-corrected chi connectivity index (χ1v) is 9.89. The molecule has 0 spiro atoms. The molecule has 1 aromatic carbocycles. The fourth-order valence-electron chi connectivity index (χ4n) is 3.56. The van der Waals surface area contributed by atoms with Gasteiger partial charge in [-0.05, 0) is 37.5 Å². The van der Waals surface area contributed by atoms with Crippen LogP contribution in [0, 0.1) is 11.6 Å². The predicted molar refractivity (Wildman–Crippen MR) is 107 cm³/mol. The minimum absolute atomic E-state index is 0.0366. The van der Waals surface area contributed by atoms with Crippen LogP contribution in [0.2, 0.25) is 0 Å². The quantitative estimate of drug-likeness (QED) is 0.758. The highest BCUT2D eigenvalue weighted by molar-refractivity contribution is 5.90. The van der Waals surface area contributed by atoms with Crippen LogP contribution in [0.25, 0.3) is 11.1 Å². The van der Waals surface area contributed by atoms with E-state index >= 15 is 0 Å². The number of carbonyl (C=O) groups is 1. The molecule has 9 heteroatoms. The van der Waals surface area contributed by atoms with Crippen LogP contribution in [-0.2, 0) is 4.74 Å². The van der Waals surface area contributed by atoms with Gasteiger partial charge in [-0.2, -0.15) is 5.10 Å². The minimum atomic E-state index is -1.15. The Morgan fingerprint density at radius 1 is 1.17 bits per heavy atom. The lowest BCUT2D eigenvalue weighted by molar-refractivity contribution is 0.0963. The second-order valence-corrected chi connectivity index (χ2v) is 7.29. The smallest absolute Gasteiger partial charge is 0.414 e. The van der Waals surface area contributed by atoms with E-state index in [2.05, 4.69) is 10.1 Å². The van der Waals surface area contributed by atoms with Crippen molar-refractivity contribution >= 4 is 18.0 Å². The van der Waals surface area contributed by atoms with Crippen molar-refractivity contribution in [1.29, 1.82) is 0 Å². The minimum Gasteiger partial charge on any atom is -0.441 e. The number of ether oxygens (including phenoxy) is 1. The molecule has 1 amide bonds. The van der Waals surface area contributed by atoms with Crippen LogP contribution < -0.4 is 4.90 Å². The summed E-state index contributed by atoms with van der Waals surface area (Å²) >= 11 is 0. The number of hydrazone groups is 1. The summed E-state index contributed by atoms with van der Waals surface area (Å²) in [6.45, 7) is 1.42. The first-order valence-electron chi connectivity index (χ1n) is 9.89. The van der Waals surface area contributed by atoms with E-state index in [1.165, 1.54) is 24.8 Å². The van der Waals surface area contributed by atoms with Crippen LogP contribution >= 0.6 is 0 Å². The molecule has 0 unspecified atom stereocenters. The Labute approximate surface area is 172 Å². The summed E-state index contributed by atoms with van der Waals surface area (Å²) in [6.07, 6.45) is 5.01. The maximum absolute atomic E-state index is 14.7. The van der Waals surface area contributed by atoms with Gasteiger partial charge in [0.15, 0.2) is 11.6 Å². The monoisotopic (exact) mass is 416 g/mol. The van der Waals surface area contributed by atoms with Gasteiger partial charge in [-0.1, -0.05) is 6.07 Å². The van der Waals surface area contributed by atoms with Gasteiger partial charge in [-0.3, -0.25) is 14.9 Å². The van der Waals surface area contributed by atoms with Gasteiger partial charge >= 0.3 is 6.09 Å². The van der Waals surface area contributed by atoms with Gasteiger partial charge in [0.2, 0.25) is 0 Å². The van der Waals surface area contributed by atoms with E-state index < -0.39 is 23.8 Å². The number of aromatic nitrogens is 1. The summed E-state index contributed by atoms with van der Waals surface area (Å²) in [6, 6.07) is 6.05. The molecule has 1 N–H and O–H groups in total. The molecule has 0 bridgehead atoms. The molecule has 1 atom stereocenters. The second kappa shape index (κ2) is 8.74. The number of aliphatic hydroxyl groups excluding tert-OH is 1. The first-order chi connectivity index (χ1) is 14.6. The lowest BCUT2D eigenvalue weighted by Gasteiger charge is -2.23. The van der Waals surface area contributed by atoms with E-state index in [1.54, 1.807) is 18.3 Å². The lowest BCUT2D eigenvalue weighted by atomic mass is 10.1. The summed E-state index contributed by atoms with van der Waals surface area (Å²) in [5.41, 5.74) is 0.840. The molecule has 30 heavy (non-hydrogen) atoms. The fraction of sp³-hybridized carbons (Fsp3) is 0.381. The Balaban J connectivity index is 1.52. The number of rotatable bonds is 5. The van der Waals surface area contributed by atoms with Gasteiger partial charge in [0.1, 0.15) is 6.10 Å². The number of anilines is 1. The number of hydrogen-bond acceptors (Lipinski definition) is 6. The summed E-state index contributed by atoms with van der Waals surface area (Å²) in [5, 5.41) is 15.5. The number of piperidine rings is 1. The number of cyclic esters (lactones) is 1. The maximum atomic E-state index is 14.7. The van der Waals surface area contributed by atoms with Crippen molar-refractivity contribution in [2.24, 2.45) is 5.10 Å². The van der Waals surface area contributed by atoms with E-state index in [-0.39, 0.29) is 24.4 Å². The Hall–Kier alpha value is -3.07. The van der Waals surface area contributed by atoms with E-state index in [1.807, 2.05) is 5.01 Å². The largest absolute Gasteiger partial charge is 0.441 e. The molecule has 2 saturated heterocycles. The van der Waals surface area contributed by atoms with Crippen LogP contribution in [0.5, 0.6) is 0 Å². The second-order valence-electron chi connectivity index (χ2n) is 7.29. The van der Waals surface area contributed by atoms with Gasteiger partial charge in [-0.25, -0.2) is 13.6 Å². The zero-order chi connectivity index (χ0) is 21.1. The molecular formula is C21H22F2N4O3. The topological polar surface area (TPSA) is 78.3 Å². The van der Waals surface area contributed by atoms with Crippen LogP contribution in [0.3, 0.4) is 0 Å². The molecule has 7 nitrogen and oxygen atoms in total. The third kappa shape index (κ3) is 4.11. The highest BCUT2D eigenvalue weighted by Gasteiger charge is 2.34. The molecular weight excluding hydrogens is 394 g/mol. The number of carbonyl (C=O) groups excluding carboxylic acids is 1. The highest BCUT2D eigenvalue weighted by atomic mass is 19.2. The number of benzene rings is 1. The fourth-order valence-corrected chi connectivity index (χ4v) is 3.56. The number of pyridine rings is 1.